The zero-order valence-electron chi connectivity index (χ0n) is 8.86. The SMILES string of the molecule is CCCCC(=O)NCCNCCC. The Morgan fingerprint density at radius 1 is 1.08 bits per heavy atom. The van der Waals surface area contributed by atoms with E-state index in [-0.39, 0.29) is 5.91 Å². The molecule has 0 bridgehead atoms. The molecule has 0 aromatic rings. The van der Waals surface area contributed by atoms with Crippen molar-refractivity contribution in [2.24, 2.45) is 0 Å². The van der Waals surface area contributed by atoms with Crippen molar-refractivity contribution in [2.75, 3.05) is 19.6 Å². The maximum Gasteiger partial charge on any atom is 0.220 e. The van der Waals surface area contributed by atoms with Gasteiger partial charge in [-0.05, 0) is 19.4 Å². The highest BCUT2D eigenvalue weighted by Gasteiger charge is 1.97. The minimum Gasteiger partial charge on any atom is -0.355 e. The van der Waals surface area contributed by atoms with Crippen molar-refractivity contribution < 1.29 is 4.79 Å². The monoisotopic (exact) mass is 186 g/mol. The van der Waals surface area contributed by atoms with Crippen LogP contribution in [0.5, 0.6) is 0 Å². The minimum absolute atomic E-state index is 0.181. The van der Waals surface area contributed by atoms with Crippen LogP contribution in [0.15, 0.2) is 0 Å². The van der Waals surface area contributed by atoms with E-state index in [1.165, 1.54) is 0 Å². The largest absolute Gasteiger partial charge is 0.355 e. The average molecular weight is 186 g/mol. The fourth-order valence-electron chi connectivity index (χ4n) is 1.02. The van der Waals surface area contributed by atoms with E-state index in [0.717, 1.165) is 38.9 Å². The van der Waals surface area contributed by atoms with Gasteiger partial charge in [-0.2, -0.15) is 0 Å². The van der Waals surface area contributed by atoms with E-state index in [2.05, 4.69) is 24.5 Å². The molecule has 0 atom stereocenters. The molecule has 0 saturated heterocycles. The summed E-state index contributed by atoms with van der Waals surface area (Å²) in [5.74, 6) is 0.181. The molecule has 0 fully saturated rings. The molecule has 0 aliphatic carbocycles. The van der Waals surface area contributed by atoms with Gasteiger partial charge in [0.2, 0.25) is 5.91 Å². The molecule has 0 saturated carbocycles. The van der Waals surface area contributed by atoms with E-state index >= 15 is 0 Å². The Morgan fingerprint density at radius 2 is 1.85 bits per heavy atom. The van der Waals surface area contributed by atoms with Crippen LogP contribution < -0.4 is 10.6 Å². The van der Waals surface area contributed by atoms with Gasteiger partial charge in [0.25, 0.3) is 0 Å². The summed E-state index contributed by atoms with van der Waals surface area (Å²) in [6.45, 7) is 6.89. The zero-order chi connectivity index (χ0) is 9.94. The number of hydrogen-bond acceptors (Lipinski definition) is 2. The molecule has 3 heteroatoms. The molecule has 0 radical (unpaired) electrons. The second-order valence-electron chi connectivity index (χ2n) is 3.20. The topological polar surface area (TPSA) is 41.1 Å². The molecule has 13 heavy (non-hydrogen) atoms. The number of carbonyl (C=O) groups excluding carboxylic acids is 1. The van der Waals surface area contributed by atoms with Gasteiger partial charge < -0.3 is 10.6 Å². The van der Waals surface area contributed by atoms with E-state index in [9.17, 15) is 4.79 Å². The van der Waals surface area contributed by atoms with Crippen molar-refractivity contribution in [3.8, 4) is 0 Å². The van der Waals surface area contributed by atoms with Crippen LogP contribution in [0.2, 0.25) is 0 Å². The van der Waals surface area contributed by atoms with Gasteiger partial charge in [-0.15, -0.1) is 0 Å². The first-order chi connectivity index (χ1) is 6.31. The first-order valence-corrected chi connectivity index (χ1v) is 5.28. The van der Waals surface area contributed by atoms with Crippen molar-refractivity contribution in [1.82, 2.24) is 10.6 Å². The number of amides is 1. The van der Waals surface area contributed by atoms with Gasteiger partial charge in [0.15, 0.2) is 0 Å². The van der Waals surface area contributed by atoms with Crippen LogP contribution in [0.1, 0.15) is 39.5 Å². The number of rotatable bonds is 8. The van der Waals surface area contributed by atoms with Crippen molar-refractivity contribution in [3.05, 3.63) is 0 Å². The van der Waals surface area contributed by atoms with Crippen LogP contribution in [0, 0.1) is 0 Å². The summed E-state index contributed by atoms with van der Waals surface area (Å²) in [6.07, 6.45) is 3.89. The average Bonchev–Trinajstić information content (AvgIpc) is 2.14. The van der Waals surface area contributed by atoms with Gasteiger partial charge in [0, 0.05) is 19.5 Å². The Hall–Kier alpha value is -0.570. The van der Waals surface area contributed by atoms with Crippen molar-refractivity contribution in [1.29, 1.82) is 0 Å². The molecule has 0 aromatic heterocycles. The van der Waals surface area contributed by atoms with Gasteiger partial charge in [-0.1, -0.05) is 20.3 Å². The quantitative estimate of drug-likeness (QED) is 0.561. The summed E-state index contributed by atoms with van der Waals surface area (Å²) in [7, 11) is 0. The molecule has 0 heterocycles. The van der Waals surface area contributed by atoms with Gasteiger partial charge >= 0.3 is 0 Å². The van der Waals surface area contributed by atoms with Gasteiger partial charge in [-0.25, -0.2) is 0 Å². The zero-order valence-corrected chi connectivity index (χ0v) is 8.86. The molecule has 0 unspecified atom stereocenters. The highest BCUT2D eigenvalue weighted by molar-refractivity contribution is 5.75. The summed E-state index contributed by atoms with van der Waals surface area (Å²) in [5.41, 5.74) is 0. The van der Waals surface area contributed by atoms with E-state index < -0.39 is 0 Å². The van der Waals surface area contributed by atoms with Crippen LogP contribution in [0.25, 0.3) is 0 Å². The molecule has 0 spiro atoms. The normalized spacial score (nSPS) is 10.0. The van der Waals surface area contributed by atoms with Crippen LogP contribution in [0.3, 0.4) is 0 Å². The number of unbranched alkanes of at least 4 members (excludes halogenated alkanes) is 1. The van der Waals surface area contributed by atoms with Gasteiger partial charge in [0.1, 0.15) is 0 Å². The summed E-state index contributed by atoms with van der Waals surface area (Å²) in [5, 5.41) is 6.11. The summed E-state index contributed by atoms with van der Waals surface area (Å²) in [4.78, 5) is 11.1. The number of carbonyl (C=O) groups is 1. The molecule has 2 N–H and O–H groups in total. The van der Waals surface area contributed by atoms with Crippen LogP contribution in [0.4, 0.5) is 0 Å². The predicted octanol–water partition coefficient (Wildman–Crippen LogP) is 1.29. The third-order valence-electron chi connectivity index (χ3n) is 1.81. The van der Waals surface area contributed by atoms with E-state index in [4.69, 9.17) is 0 Å². The van der Waals surface area contributed by atoms with E-state index in [1.54, 1.807) is 0 Å². The molecule has 0 rings (SSSR count). The fourth-order valence-corrected chi connectivity index (χ4v) is 1.02. The number of nitrogens with one attached hydrogen (secondary N) is 2. The Bertz CT molecular complexity index is 126. The van der Waals surface area contributed by atoms with Crippen LogP contribution in [-0.2, 0) is 4.79 Å². The van der Waals surface area contributed by atoms with Crippen molar-refractivity contribution >= 4 is 5.91 Å². The molecule has 0 aliphatic rings. The lowest BCUT2D eigenvalue weighted by molar-refractivity contribution is -0.121. The maximum absolute atomic E-state index is 11.1. The second-order valence-corrected chi connectivity index (χ2v) is 3.20. The Kier molecular flexibility index (Phi) is 9.10. The van der Waals surface area contributed by atoms with Crippen LogP contribution in [-0.4, -0.2) is 25.5 Å². The Balaban J connectivity index is 3.08. The Morgan fingerprint density at radius 3 is 2.46 bits per heavy atom. The summed E-state index contributed by atoms with van der Waals surface area (Å²) in [6, 6.07) is 0. The Labute approximate surface area is 81.3 Å². The maximum atomic E-state index is 11.1. The lowest BCUT2D eigenvalue weighted by Gasteiger charge is -2.05. The van der Waals surface area contributed by atoms with E-state index in [0.29, 0.717) is 6.42 Å². The molecule has 78 valence electrons. The van der Waals surface area contributed by atoms with E-state index in [1.807, 2.05) is 0 Å². The smallest absolute Gasteiger partial charge is 0.220 e. The molecule has 0 aliphatic heterocycles. The summed E-state index contributed by atoms with van der Waals surface area (Å²) >= 11 is 0. The van der Waals surface area contributed by atoms with Crippen molar-refractivity contribution in [2.45, 2.75) is 39.5 Å². The highest BCUT2D eigenvalue weighted by atomic mass is 16.1. The second kappa shape index (κ2) is 9.52. The molecular weight excluding hydrogens is 164 g/mol. The highest BCUT2D eigenvalue weighted by Crippen LogP contribution is 1.92. The lowest BCUT2D eigenvalue weighted by Crippen LogP contribution is -2.31. The first-order valence-electron chi connectivity index (χ1n) is 5.28. The molecule has 1 amide bonds. The summed E-state index contributed by atoms with van der Waals surface area (Å²) < 4.78 is 0. The lowest BCUT2D eigenvalue weighted by atomic mass is 10.2. The molecule has 0 aromatic carbocycles. The first kappa shape index (κ1) is 12.4. The number of hydrogen-bond donors (Lipinski definition) is 2. The van der Waals surface area contributed by atoms with Crippen LogP contribution >= 0.6 is 0 Å². The standard InChI is InChI=1S/C10H22N2O/c1-3-5-6-10(13)12-9-8-11-7-4-2/h11H,3-9H2,1-2H3,(H,12,13). The van der Waals surface area contributed by atoms with Gasteiger partial charge in [0.05, 0.1) is 0 Å². The third kappa shape index (κ3) is 9.34. The minimum atomic E-state index is 0.181. The molecule has 3 nitrogen and oxygen atoms in total. The van der Waals surface area contributed by atoms with Crippen molar-refractivity contribution in [3.63, 3.8) is 0 Å². The fraction of sp³-hybridized carbons (Fsp3) is 0.900. The predicted molar refractivity (Wildman–Crippen MR) is 55.7 cm³/mol. The third-order valence-corrected chi connectivity index (χ3v) is 1.81. The van der Waals surface area contributed by atoms with Gasteiger partial charge in [-0.3, -0.25) is 4.79 Å². The molecular formula is C10H22N2O.